The van der Waals surface area contributed by atoms with Gasteiger partial charge in [0, 0.05) is 6.07 Å². The van der Waals surface area contributed by atoms with E-state index in [0.717, 1.165) is 5.75 Å². The van der Waals surface area contributed by atoms with E-state index in [1.54, 1.807) is 0 Å². The van der Waals surface area contributed by atoms with E-state index in [9.17, 15) is 14.9 Å². The van der Waals surface area contributed by atoms with Crippen molar-refractivity contribution in [1.82, 2.24) is 0 Å². The van der Waals surface area contributed by atoms with Gasteiger partial charge < -0.3 is 9.47 Å². The average molecular weight is 287 g/mol. The Morgan fingerprint density at radius 3 is 2.29 bits per heavy atom. The standard InChI is InChI=1S/C15H13NO5/c17-11-12-10-14(6-7-15(12)16(18)19)21-9-8-20-13-4-2-1-3-5-13/h1-7,10-11H,8-9H2. The molecule has 0 atom stereocenters. The molecular formula is C15H13NO5. The molecule has 0 fully saturated rings. The number of aldehydes is 1. The van der Waals surface area contributed by atoms with Crippen molar-refractivity contribution in [1.29, 1.82) is 0 Å². The van der Waals surface area contributed by atoms with Gasteiger partial charge in [-0.2, -0.15) is 0 Å². The van der Waals surface area contributed by atoms with Gasteiger partial charge in [-0.1, -0.05) is 18.2 Å². The van der Waals surface area contributed by atoms with Crippen molar-refractivity contribution in [3.05, 3.63) is 64.2 Å². The van der Waals surface area contributed by atoms with Gasteiger partial charge in [0.2, 0.25) is 0 Å². The highest BCUT2D eigenvalue weighted by Crippen LogP contribution is 2.22. The van der Waals surface area contributed by atoms with Crippen LogP contribution >= 0.6 is 0 Å². The van der Waals surface area contributed by atoms with Crippen LogP contribution in [0.1, 0.15) is 10.4 Å². The molecule has 0 aliphatic rings. The van der Waals surface area contributed by atoms with E-state index in [1.165, 1.54) is 18.2 Å². The van der Waals surface area contributed by atoms with Gasteiger partial charge in [-0.05, 0) is 24.3 Å². The van der Waals surface area contributed by atoms with Gasteiger partial charge in [-0.3, -0.25) is 14.9 Å². The van der Waals surface area contributed by atoms with Crippen LogP contribution in [0.5, 0.6) is 11.5 Å². The maximum atomic E-state index is 10.8. The maximum absolute atomic E-state index is 10.8. The summed E-state index contributed by atoms with van der Waals surface area (Å²) < 4.78 is 10.8. The lowest BCUT2D eigenvalue weighted by Gasteiger charge is -2.08. The summed E-state index contributed by atoms with van der Waals surface area (Å²) in [4.78, 5) is 20.9. The number of nitrogens with zero attached hydrogens (tertiary/aromatic N) is 1. The number of para-hydroxylation sites is 1. The summed E-state index contributed by atoms with van der Waals surface area (Å²) in [6.07, 6.45) is 0.436. The fourth-order valence-corrected chi connectivity index (χ4v) is 1.72. The molecule has 2 aromatic rings. The van der Waals surface area contributed by atoms with Gasteiger partial charge in [0.25, 0.3) is 5.69 Å². The van der Waals surface area contributed by atoms with Crippen LogP contribution in [0.4, 0.5) is 5.69 Å². The third-order valence-corrected chi connectivity index (χ3v) is 2.69. The maximum Gasteiger partial charge on any atom is 0.280 e. The number of carbonyl (C=O) groups excluding carboxylic acids is 1. The number of hydrogen-bond donors (Lipinski definition) is 0. The van der Waals surface area contributed by atoms with Crippen LogP contribution < -0.4 is 9.47 Å². The third kappa shape index (κ3) is 4.04. The van der Waals surface area contributed by atoms with Crippen LogP contribution in [0.3, 0.4) is 0 Å². The van der Waals surface area contributed by atoms with Crippen molar-refractivity contribution in [2.24, 2.45) is 0 Å². The number of benzene rings is 2. The molecule has 0 aliphatic heterocycles. The number of carbonyl (C=O) groups is 1. The first kappa shape index (κ1) is 14.5. The summed E-state index contributed by atoms with van der Waals surface area (Å²) in [5.74, 6) is 1.12. The minimum Gasteiger partial charge on any atom is -0.490 e. The Morgan fingerprint density at radius 1 is 1.00 bits per heavy atom. The molecule has 0 heterocycles. The number of rotatable bonds is 7. The fourth-order valence-electron chi connectivity index (χ4n) is 1.72. The van der Waals surface area contributed by atoms with E-state index in [0.29, 0.717) is 18.6 Å². The normalized spacial score (nSPS) is 9.90. The quantitative estimate of drug-likeness (QED) is 0.338. The van der Waals surface area contributed by atoms with Crippen molar-refractivity contribution < 1.29 is 19.2 Å². The number of hydrogen-bond acceptors (Lipinski definition) is 5. The first-order valence-electron chi connectivity index (χ1n) is 6.25. The Morgan fingerprint density at radius 2 is 1.67 bits per heavy atom. The van der Waals surface area contributed by atoms with Gasteiger partial charge in [0.05, 0.1) is 10.5 Å². The summed E-state index contributed by atoms with van der Waals surface area (Å²) in [5, 5.41) is 10.7. The molecule has 6 nitrogen and oxygen atoms in total. The molecule has 0 aliphatic carbocycles. The molecule has 6 heteroatoms. The highest BCUT2D eigenvalue weighted by atomic mass is 16.6. The number of nitro benzene ring substituents is 1. The van der Waals surface area contributed by atoms with Crippen LogP contribution in [0.25, 0.3) is 0 Å². The van der Waals surface area contributed by atoms with Crippen LogP contribution in [0.15, 0.2) is 48.5 Å². The van der Waals surface area contributed by atoms with E-state index >= 15 is 0 Å². The molecule has 0 saturated carbocycles. The molecule has 0 bridgehead atoms. The van der Waals surface area contributed by atoms with Crippen LogP contribution in [0, 0.1) is 10.1 Å². The van der Waals surface area contributed by atoms with Gasteiger partial charge in [0.1, 0.15) is 24.7 Å². The number of nitro groups is 1. The minimum atomic E-state index is -0.605. The van der Waals surface area contributed by atoms with Crippen molar-refractivity contribution in [2.75, 3.05) is 13.2 Å². The monoisotopic (exact) mass is 287 g/mol. The van der Waals surface area contributed by atoms with Gasteiger partial charge >= 0.3 is 0 Å². The third-order valence-electron chi connectivity index (χ3n) is 2.69. The van der Waals surface area contributed by atoms with Gasteiger partial charge in [-0.15, -0.1) is 0 Å². The smallest absolute Gasteiger partial charge is 0.280 e. The predicted octanol–water partition coefficient (Wildman–Crippen LogP) is 2.87. The van der Waals surface area contributed by atoms with Crippen molar-refractivity contribution in [2.45, 2.75) is 0 Å². The fraction of sp³-hybridized carbons (Fsp3) is 0.133. The first-order chi connectivity index (χ1) is 10.2. The second-order valence-electron chi connectivity index (χ2n) is 4.11. The molecule has 0 aromatic heterocycles. The molecule has 2 rings (SSSR count). The Balaban J connectivity index is 1.89. The lowest BCUT2D eigenvalue weighted by atomic mass is 10.2. The van der Waals surface area contributed by atoms with Crippen LogP contribution in [-0.4, -0.2) is 24.4 Å². The summed E-state index contributed by atoms with van der Waals surface area (Å²) in [5.41, 5.74) is -0.251. The van der Waals surface area contributed by atoms with Crippen molar-refractivity contribution in [3.63, 3.8) is 0 Å². The van der Waals surface area contributed by atoms with Crippen LogP contribution in [-0.2, 0) is 0 Å². The van der Waals surface area contributed by atoms with Crippen molar-refractivity contribution in [3.8, 4) is 11.5 Å². The predicted molar refractivity (Wildman–Crippen MR) is 75.9 cm³/mol. The minimum absolute atomic E-state index is 0.0125. The molecule has 108 valence electrons. The van der Waals surface area contributed by atoms with E-state index in [2.05, 4.69) is 0 Å². The van der Waals surface area contributed by atoms with E-state index in [-0.39, 0.29) is 17.9 Å². The van der Waals surface area contributed by atoms with Crippen molar-refractivity contribution >= 4 is 12.0 Å². The summed E-state index contributed by atoms with van der Waals surface area (Å²) in [7, 11) is 0. The highest BCUT2D eigenvalue weighted by Gasteiger charge is 2.13. The molecule has 0 amide bonds. The molecule has 21 heavy (non-hydrogen) atoms. The topological polar surface area (TPSA) is 78.7 Å². The number of ether oxygens (including phenoxy) is 2. The lowest BCUT2D eigenvalue weighted by Crippen LogP contribution is -2.09. The largest absolute Gasteiger partial charge is 0.490 e. The molecule has 0 spiro atoms. The zero-order valence-electron chi connectivity index (χ0n) is 11.1. The Hall–Kier alpha value is -2.89. The lowest BCUT2D eigenvalue weighted by molar-refractivity contribution is -0.385. The Bertz CT molecular complexity index is 627. The zero-order chi connectivity index (χ0) is 15.1. The molecule has 0 radical (unpaired) electrons. The molecule has 0 N–H and O–H groups in total. The zero-order valence-corrected chi connectivity index (χ0v) is 11.1. The van der Waals surface area contributed by atoms with E-state index < -0.39 is 4.92 Å². The molecular weight excluding hydrogens is 274 g/mol. The van der Waals surface area contributed by atoms with Crippen LogP contribution in [0.2, 0.25) is 0 Å². The van der Waals surface area contributed by atoms with E-state index in [4.69, 9.17) is 9.47 Å². The summed E-state index contributed by atoms with van der Waals surface area (Å²) >= 11 is 0. The second kappa shape index (κ2) is 7.04. The highest BCUT2D eigenvalue weighted by molar-refractivity contribution is 5.82. The summed E-state index contributed by atoms with van der Waals surface area (Å²) in [6, 6.07) is 13.3. The summed E-state index contributed by atoms with van der Waals surface area (Å²) in [6.45, 7) is 0.600. The Labute approximate surface area is 121 Å². The molecule has 0 unspecified atom stereocenters. The van der Waals surface area contributed by atoms with Gasteiger partial charge in [-0.25, -0.2) is 0 Å². The first-order valence-corrected chi connectivity index (χ1v) is 6.25. The SMILES string of the molecule is O=Cc1cc(OCCOc2ccccc2)ccc1[N+](=O)[O-]. The molecule has 0 saturated heterocycles. The Kier molecular flexibility index (Phi) is 4.87. The second-order valence-corrected chi connectivity index (χ2v) is 4.11. The van der Waals surface area contributed by atoms with Gasteiger partial charge in [0.15, 0.2) is 6.29 Å². The molecule has 2 aromatic carbocycles. The average Bonchev–Trinajstić information content (AvgIpc) is 2.52. The van der Waals surface area contributed by atoms with E-state index in [1.807, 2.05) is 30.3 Å².